The SMILES string of the molecule is CCCCN(Cc1ccc(OCC)cc1)Cc1c(-c2ccccc2)nc(-c2ccccc2)n1CC. The Kier molecular flexibility index (Phi) is 8.74. The Morgan fingerprint density at radius 1 is 0.771 bits per heavy atom. The summed E-state index contributed by atoms with van der Waals surface area (Å²) in [7, 11) is 0. The Balaban J connectivity index is 1.71. The molecule has 0 N–H and O–H groups in total. The van der Waals surface area contributed by atoms with Crippen molar-refractivity contribution in [3.8, 4) is 28.4 Å². The molecular weight excluding hydrogens is 430 g/mol. The van der Waals surface area contributed by atoms with Crippen molar-refractivity contribution in [3.05, 3.63) is 96.2 Å². The molecule has 4 aromatic rings. The molecule has 0 aliphatic carbocycles. The van der Waals surface area contributed by atoms with Crippen LogP contribution in [0.4, 0.5) is 0 Å². The maximum Gasteiger partial charge on any atom is 0.140 e. The third-order valence-electron chi connectivity index (χ3n) is 6.31. The summed E-state index contributed by atoms with van der Waals surface area (Å²) in [4.78, 5) is 7.77. The van der Waals surface area contributed by atoms with Gasteiger partial charge in [0.1, 0.15) is 11.6 Å². The van der Waals surface area contributed by atoms with E-state index in [1.54, 1.807) is 0 Å². The molecule has 35 heavy (non-hydrogen) atoms. The molecule has 0 atom stereocenters. The molecule has 0 saturated carbocycles. The van der Waals surface area contributed by atoms with Crippen molar-refractivity contribution in [1.82, 2.24) is 14.5 Å². The van der Waals surface area contributed by atoms with Crippen LogP contribution in [-0.4, -0.2) is 27.6 Å². The molecule has 0 bridgehead atoms. The van der Waals surface area contributed by atoms with Crippen LogP contribution in [0.2, 0.25) is 0 Å². The standard InChI is InChI=1S/C31H37N3O/c1-4-7-22-33(23-25-18-20-28(21-19-25)35-6-3)24-29-30(26-14-10-8-11-15-26)32-31(34(29)5-2)27-16-12-9-13-17-27/h8-21H,4-7,22-24H2,1-3H3. The van der Waals surface area contributed by atoms with E-state index in [-0.39, 0.29) is 0 Å². The molecule has 182 valence electrons. The first-order chi connectivity index (χ1) is 17.2. The van der Waals surface area contributed by atoms with E-state index in [9.17, 15) is 0 Å². The van der Waals surface area contributed by atoms with Gasteiger partial charge in [0.2, 0.25) is 0 Å². The van der Waals surface area contributed by atoms with Crippen LogP contribution in [0.1, 0.15) is 44.9 Å². The molecule has 3 aromatic carbocycles. The first kappa shape index (κ1) is 24.7. The molecule has 1 aromatic heterocycles. The van der Waals surface area contributed by atoms with Crippen molar-refractivity contribution in [2.75, 3.05) is 13.2 Å². The predicted molar refractivity (Wildman–Crippen MR) is 145 cm³/mol. The normalized spacial score (nSPS) is 11.2. The highest BCUT2D eigenvalue weighted by Crippen LogP contribution is 2.31. The molecule has 0 aliphatic heterocycles. The summed E-state index contributed by atoms with van der Waals surface area (Å²) in [5.74, 6) is 1.97. The molecule has 0 aliphatic rings. The van der Waals surface area contributed by atoms with Gasteiger partial charge in [-0.15, -0.1) is 0 Å². The molecule has 0 spiro atoms. The van der Waals surface area contributed by atoms with Crippen molar-refractivity contribution >= 4 is 0 Å². The molecular formula is C31H37N3O. The summed E-state index contributed by atoms with van der Waals surface area (Å²) in [5, 5.41) is 0. The molecule has 4 nitrogen and oxygen atoms in total. The first-order valence-electron chi connectivity index (χ1n) is 12.9. The fraction of sp³-hybridized carbons (Fsp3) is 0.323. The lowest BCUT2D eigenvalue weighted by molar-refractivity contribution is 0.246. The third kappa shape index (κ3) is 6.20. The van der Waals surface area contributed by atoms with Crippen LogP contribution >= 0.6 is 0 Å². The smallest absolute Gasteiger partial charge is 0.140 e. The lowest BCUT2D eigenvalue weighted by Crippen LogP contribution is -2.26. The second kappa shape index (κ2) is 12.4. The highest BCUT2D eigenvalue weighted by Gasteiger charge is 2.21. The van der Waals surface area contributed by atoms with Crippen molar-refractivity contribution in [2.45, 2.75) is 53.2 Å². The Morgan fingerprint density at radius 3 is 2.03 bits per heavy atom. The zero-order valence-corrected chi connectivity index (χ0v) is 21.3. The second-order valence-electron chi connectivity index (χ2n) is 8.85. The monoisotopic (exact) mass is 467 g/mol. The van der Waals surface area contributed by atoms with Crippen LogP contribution in [0, 0.1) is 0 Å². The highest BCUT2D eigenvalue weighted by atomic mass is 16.5. The fourth-order valence-corrected chi connectivity index (χ4v) is 4.55. The molecule has 0 fully saturated rings. The minimum atomic E-state index is 0.689. The lowest BCUT2D eigenvalue weighted by atomic mass is 10.1. The van der Waals surface area contributed by atoms with Crippen LogP contribution in [0.15, 0.2) is 84.9 Å². The van der Waals surface area contributed by atoms with Crippen LogP contribution in [0.3, 0.4) is 0 Å². The molecule has 0 radical (unpaired) electrons. The maximum absolute atomic E-state index is 5.64. The lowest BCUT2D eigenvalue weighted by Gasteiger charge is -2.24. The highest BCUT2D eigenvalue weighted by molar-refractivity contribution is 5.68. The van der Waals surface area contributed by atoms with E-state index in [4.69, 9.17) is 9.72 Å². The zero-order valence-electron chi connectivity index (χ0n) is 21.3. The van der Waals surface area contributed by atoms with Gasteiger partial charge in [0.25, 0.3) is 0 Å². The summed E-state index contributed by atoms with van der Waals surface area (Å²) in [6.45, 7) is 10.9. The number of nitrogens with zero attached hydrogens (tertiary/aromatic N) is 3. The fourth-order valence-electron chi connectivity index (χ4n) is 4.55. The van der Waals surface area contributed by atoms with Gasteiger partial charge in [-0.05, 0) is 44.5 Å². The molecule has 0 unspecified atom stereocenters. The first-order valence-corrected chi connectivity index (χ1v) is 12.9. The van der Waals surface area contributed by atoms with Gasteiger partial charge < -0.3 is 9.30 Å². The number of hydrogen-bond acceptors (Lipinski definition) is 3. The minimum absolute atomic E-state index is 0.689. The minimum Gasteiger partial charge on any atom is -0.494 e. The molecule has 4 heteroatoms. The van der Waals surface area contributed by atoms with Gasteiger partial charge >= 0.3 is 0 Å². The van der Waals surface area contributed by atoms with Crippen LogP contribution in [-0.2, 0) is 19.6 Å². The molecule has 1 heterocycles. The van der Waals surface area contributed by atoms with Crippen LogP contribution in [0.25, 0.3) is 22.6 Å². The van der Waals surface area contributed by atoms with Crippen molar-refractivity contribution in [2.24, 2.45) is 0 Å². The van der Waals surface area contributed by atoms with E-state index in [1.165, 1.54) is 29.7 Å². The van der Waals surface area contributed by atoms with Gasteiger partial charge in [0.05, 0.1) is 18.0 Å². The Labute approximate surface area is 210 Å². The maximum atomic E-state index is 5.64. The number of hydrogen-bond donors (Lipinski definition) is 0. The van der Waals surface area contributed by atoms with E-state index in [0.717, 1.165) is 49.0 Å². The average Bonchev–Trinajstić information content (AvgIpc) is 3.27. The second-order valence-corrected chi connectivity index (χ2v) is 8.85. The van der Waals surface area contributed by atoms with Crippen molar-refractivity contribution in [1.29, 1.82) is 0 Å². The number of unbranched alkanes of at least 4 members (excludes halogenated alkanes) is 1. The topological polar surface area (TPSA) is 30.3 Å². The van der Waals surface area contributed by atoms with Gasteiger partial charge in [-0.1, -0.05) is 86.1 Å². The summed E-state index contributed by atoms with van der Waals surface area (Å²) in [5.41, 5.74) is 5.99. The summed E-state index contributed by atoms with van der Waals surface area (Å²) in [6.07, 6.45) is 2.34. The summed E-state index contributed by atoms with van der Waals surface area (Å²) < 4.78 is 8.04. The van der Waals surface area contributed by atoms with E-state index in [2.05, 4.69) is 108 Å². The number of aromatic nitrogens is 2. The number of rotatable bonds is 12. The summed E-state index contributed by atoms with van der Waals surface area (Å²) in [6, 6.07) is 29.7. The van der Waals surface area contributed by atoms with E-state index in [0.29, 0.717) is 6.61 Å². The number of benzene rings is 3. The van der Waals surface area contributed by atoms with Gasteiger partial charge in [-0.25, -0.2) is 4.98 Å². The van der Waals surface area contributed by atoms with Crippen LogP contribution < -0.4 is 4.74 Å². The van der Waals surface area contributed by atoms with Gasteiger partial charge in [-0.2, -0.15) is 0 Å². The van der Waals surface area contributed by atoms with Gasteiger partial charge in [0.15, 0.2) is 0 Å². The average molecular weight is 468 g/mol. The quantitative estimate of drug-likeness (QED) is 0.217. The molecule has 0 amide bonds. The third-order valence-corrected chi connectivity index (χ3v) is 6.31. The molecule has 0 saturated heterocycles. The Hall–Kier alpha value is -3.37. The van der Waals surface area contributed by atoms with Crippen molar-refractivity contribution < 1.29 is 4.74 Å². The predicted octanol–water partition coefficient (Wildman–Crippen LogP) is 7.44. The zero-order chi connectivity index (χ0) is 24.5. The largest absolute Gasteiger partial charge is 0.494 e. The van der Waals surface area contributed by atoms with Crippen molar-refractivity contribution in [3.63, 3.8) is 0 Å². The summed E-state index contributed by atoms with van der Waals surface area (Å²) >= 11 is 0. The Morgan fingerprint density at radius 2 is 1.43 bits per heavy atom. The molecule has 4 rings (SSSR count). The Bertz CT molecular complexity index is 1170. The van der Waals surface area contributed by atoms with Gasteiger partial charge in [0, 0.05) is 30.8 Å². The van der Waals surface area contributed by atoms with E-state index in [1.807, 2.05) is 6.92 Å². The van der Waals surface area contributed by atoms with Gasteiger partial charge in [-0.3, -0.25) is 4.90 Å². The number of imidazole rings is 1. The van der Waals surface area contributed by atoms with Crippen LogP contribution in [0.5, 0.6) is 5.75 Å². The van der Waals surface area contributed by atoms with E-state index >= 15 is 0 Å². The van der Waals surface area contributed by atoms with E-state index < -0.39 is 0 Å². The number of ether oxygens (including phenoxy) is 1.